The topological polar surface area (TPSA) is 46.5 Å². The third-order valence-corrected chi connectivity index (χ3v) is 3.48. The fourth-order valence-electron chi connectivity index (χ4n) is 1.87. The maximum absolute atomic E-state index is 12.0. The highest BCUT2D eigenvalue weighted by Crippen LogP contribution is 2.19. The van der Waals surface area contributed by atoms with Crippen LogP contribution in [0.4, 0.5) is 0 Å². The van der Waals surface area contributed by atoms with Crippen molar-refractivity contribution in [1.82, 2.24) is 0 Å². The van der Waals surface area contributed by atoms with Crippen molar-refractivity contribution >= 4 is 34.8 Å². The van der Waals surface area contributed by atoms with Gasteiger partial charge < -0.3 is 0 Å². The minimum Gasteiger partial charge on any atom is -0.289 e. The largest absolute Gasteiger partial charge is 0.289 e. The van der Waals surface area contributed by atoms with Crippen LogP contribution in [0.2, 0.25) is 0 Å². The van der Waals surface area contributed by atoms with Gasteiger partial charge in [-0.1, -0.05) is 11.6 Å². The Hall–Kier alpha value is -1.81. The molecule has 0 aliphatic carbocycles. The van der Waals surface area contributed by atoms with E-state index in [9.17, 15) is 9.59 Å². The van der Waals surface area contributed by atoms with Gasteiger partial charge in [0.25, 0.3) is 5.91 Å². The molecule has 1 aliphatic rings. The van der Waals surface area contributed by atoms with E-state index in [2.05, 4.69) is 4.99 Å². The normalized spacial score (nSPS) is 16.3. The molecule has 2 heterocycles. The molecule has 1 aromatic heterocycles. The van der Waals surface area contributed by atoms with Gasteiger partial charge in [0, 0.05) is 17.0 Å². The van der Waals surface area contributed by atoms with Crippen LogP contribution in [0.25, 0.3) is 6.08 Å². The van der Waals surface area contributed by atoms with Crippen molar-refractivity contribution in [3.05, 3.63) is 39.6 Å². The van der Waals surface area contributed by atoms with Gasteiger partial charge in [0.2, 0.25) is 0 Å². The van der Waals surface area contributed by atoms with E-state index < -0.39 is 5.91 Å². The number of nitrogens with zero attached hydrogens (tertiary/aromatic N) is 1. The molecule has 0 spiro atoms. The van der Waals surface area contributed by atoms with E-state index in [1.54, 1.807) is 24.3 Å². The Balaban J connectivity index is 2.19. The van der Waals surface area contributed by atoms with E-state index in [0.29, 0.717) is 6.42 Å². The van der Waals surface area contributed by atoms with Crippen LogP contribution in [-0.4, -0.2) is 17.4 Å². The molecular formula is C14H13NO2S. The van der Waals surface area contributed by atoms with Gasteiger partial charge in [0.05, 0.1) is 5.57 Å². The van der Waals surface area contributed by atoms with E-state index in [-0.39, 0.29) is 11.4 Å². The summed E-state index contributed by atoms with van der Waals surface area (Å²) in [5.74, 6) is -0.681. The van der Waals surface area contributed by atoms with Crippen LogP contribution in [0.1, 0.15) is 25.1 Å². The first-order chi connectivity index (χ1) is 8.58. The van der Waals surface area contributed by atoms with Crippen molar-refractivity contribution in [1.29, 1.82) is 0 Å². The average Bonchev–Trinajstić information content (AvgIpc) is 2.77. The number of hydrogen-bond acceptors (Lipinski definition) is 3. The Morgan fingerprint density at radius 3 is 2.83 bits per heavy atom. The molecule has 0 saturated carbocycles. The Morgan fingerprint density at radius 1 is 1.44 bits per heavy atom. The van der Waals surface area contributed by atoms with Gasteiger partial charge in [-0.3, -0.25) is 9.59 Å². The molecule has 0 aromatic carbocycles. The second-order valence-corrected chi connectivity index (χ2v) is 5.18. The first-order valence-electron chi connectivity index (χ1n) is 5.62. The fraction of sp³-hybridized carbons (Fsp3) is 0.214. The molecule has 18 heavy (non-hydrogen) atoms. The number of aliphatic imine (C=N–C) groups is 1. The minimum atomic E-state index is -0.419. The molecule has 92 valence electrons. The van der Waals surface area contributed by atoms with Crippen molar-refractivity contribution in [2.75, 3.05) is 0 Å². The second-order valence-electron chi connectivity index (χ2n) is 4.20. The van der Waals surface area contributed by atoms with Crippen LogP contribution >= 0.6 is 11.3 Å². The van der Waals surface area contributed by atoms with Gasteiger partial charge in [-0.15, -0.1) is 11.3 Å². The molecule has 0 unspecified atom stereocenters. The predicted molar refractivity (Wildman–Crippen MR) is 73.8 cm³/mol. The first-order valence-corrected chi connectivity index (χ1v) is 6.50. The maximum Gasteiger partial charge on any atom is 0.280 e. The van der Waals surface area contributed by atoms with E-state index in [4.69, 9.17) is 0 Å². The zero-order valence-electron chi connectivity index (χ0n) is 10.3. The SMILES string of the molecule is CC1=NC(=O)C(C(=O)/C=C/c2cccs2)=C(C)C1. The molecule has 0 fully saturated rings. The van der Waals surface area contributed by atoms with Crippen LogP contribution in [0.3, 0.4) is 0 Å². The summed E-state index contributed by atoms with van der Waals surface area (Å²) >= 11 is 1.55. The highest BCUT2D eigenvalue weighted by Gasteiger charge is 2.22. The van der Waals surface area contributed by atoms with Crippen LogP contribution in [0.15, 0.2) is 39.7 Å². The van der Waals surface area contributed by atoms with Crippen molar-refractivity contribution < 1.29 is 9.59 Å². The molecule has 0 saturated heterocycles. The summed E-state index contributed by atoms with van der Waals surface area (Å²) in [7, 11) is 0. The Labute approximate surface area is 110 Å². The number of allylic oxidation sites excluding steroid dienone is 2. The van der Waals surface area contributed by atoms with Crippen molar-refractivity contribution in [3.63, 3.8) is 0 Å². The lowest BCUT2D eigenvalue weighted by atomic mass is 9.97. The summed E-state index contributed by atoms with van der Waals surface area (Å²) in [6.07, 6.45) is 3.77. The van der Waals surface area contributed by atoms with Gasteiger partial charge in [-0.2, -0.15) is 0 Å². The van der Waals surface area contributed by atoms with Crippen LogP contribution in [0.5, 0.6) is 0 Å². The quantitative estimate of drug-likeness (QED) is 0.618. The van der Waals surface area contributed by atoms with Gasteiger partial charge in [-0.05, 0) is 37.4 Å². The van der Waals surface area contributed by atoms with E-state index in [1.165, 1.54) is 6.08 Å². The molecule has 1 aliphatic heterocycles. The van der Waals surface area contributed by atoms with Crippen LogP contribution < -0.4 is 0 Å². The smallest absolute Gasteiger partial charge is 0.280 e. The monoisotopic (exact) mass is 259 g/mol. The Bertz CT molecular complexity index is 577. The molecule has 1 aromatic rings. The number of carbonyl (C=O) groups is 2. The van der Waals surface area contributed by atoms with Gasteiger partial charge in [0.1, 0.15) is 0 Å². The first kappa shape index (κ1) is 12.6. The maximum atomic E-state index is 12.0. The van der Waals surface area contributed by atoms with Crippen molar-refractivity contribution in [2.24, 2.45) is 4.99 Å². The van der Waals surface area contributed by atoms with Gasteiger partial charge >= 0.3 is 0 Å². The Morgan fingerprint density at radius 2 is 2.22 bits per heavy atom. The lowest BCUT2D eigenvalue weighted by Gasteiger charge is -2.11. The lowest BCUT2D eigenvalue weighted by molar-refractivity contribution is -0.118. The number of amides is 1. The van der Waals surface area contributed by atoms with Crippen LogP contribution in [-0.2, 0) is 9.59 Å². The number of carbonyl (C=O) groups excluding carboxylic acids is 2. The zero-order valence-corrected chi connectivity index (χ0v) is 11.1. The van der Waals surface area contributed by atoms with Crippen molar-refractivity contribution in [2.45, 2.75) is 20.3 Å². The minimum absolute atomic E-state index is 0.216. The summed E-state index contributed by atoms with van der Waals surface area (Å²) in [5.41, 5.74) is 1.78. The van der Waals surface area contributed by atoms with E-state index in [1.807, 2.05) is 24.4 Å². The molecule has 0 bridgehead atoms. The molecule has 1 amide bonds. The molecular weight excluding hydrogens is 246 g/mol. The second kappa shape index (κ2) is 5.23. The number of thiophene rings is 1. The van der Waals surface area contributed by atoms with E-state index >= 15 is 0 Å². The van der Waals surface area contributed by atoms with E-state index in [0.717, 1.165) is 16.2 Å². The average molecular weight is 259 g/mol. The predicted octanol–water partition coefficient (Wildman–Crippen LogP) is 3.04. The summed E-state index contributed by atoms with van der Waals surface area (Å²) in [5, 5.41) is 1.94. The molecule has 2 rings (SSSR count). The molecule has 0 atom stereocenters. The standard InChI is InChI=1S/C14H13NO2S/c1-9-8-10(2)15-14(17)13(9)12(16)6-5-11-4-3-7-18-11/h3-7H,8H2,1-2H3/b6-5+. The summed E-state index contributed by atoms with van der Waals surface area (Å²) < 4.78 is 0. The number of rotatable bonds is 3. The molecule has 3 nitrogen and oxygen atoms in total. The third-order valence-electron chi connectivity index (χ3n) is 2.64. The highest BCUT2D eigenvalue weighted by molar-refractivity contribution is 7.10. The highest BCUT2D eigenvalue weighted by atomic mass is 32.1. The fourth-order valence-corrected chi connectivity index (χ4v) is 2.48. The van der Waals surface area contributed by atoms with Gasteiger partial charge in [-0.25, -0.2) is 4.99 Å². The summed E-state index contributed by atoms with van der Waals surface area (Å²) in [6, 6.07) is 3.83. The summed E-state index contributed by atoms with van der Waals surface area (Å²) in [4.78, 5) is 28.5. The van der Waals surface area contributed by atoms with Crippen molar-refractivity contribution in [3.8, 4) is 0 Å². The molecule has 4 heteroatoms. The number of ketones is 1. The summed E-state index contributed by atoms with van der Waals surface area (Å²) in [6.45, 7) is 3.60. The van der Waals surface area contributed by atoms with Gasteiger partial charge in [0.15, 0.2) is 5.78 Å². The zero-order chi connectivity index (χ0) is 13.1. The van der Waals surface area contributed by atoms with Crippen LogP contribution in [0, 0.1) is 0 Å². The Kier molecular flexibility index (Phi) is 3.67. The lowest BCUT2D eigenvalue weighted by Crippen LogP contribution is -2.18. The molecule has 0 radical (unpaired) electrons. The number of hydrogen-bond donors (Lipinski definition) is 0. The number of dihydropyridines is 1. The third kappa shape index (κ3) is 2.71. The molecule has 0 N–H and O–H groups in total.